The topological polar surface area (TPSA) is 52.0 Å². The molecular weight excluding hydrogens is 376 g/mol. The highest BCUT2D eigenvalue weighted by atomic mass is 16.5. The number of amides is 1. The Labute approximate surface area is 178 Å². The van der Waals surface area contributed by atoms with E-state index in [0.29, 0.717) is 6.54 Å². The van der Waals surface area contributed by atoms with Crippen LogP contribution in [0.4, 0.5) is 0 Å². The molecule has 5 heteroatoms. The number of carbonyl (C=O) groups excluding carboxylic acids is 1. The zero-order valence-electron chi connectivity index (χ0n) is 18.4. The average Bonchev–Trinajstić information content (AvgIpc) is 2.78. The van der Waals surface area contributed by atoms with Crippen LogP contribution < -0.4 is 19.7 Å². The maximum absolute atomic E-state index is 12.9. The van der Waals surface area contributed by atoms with Crippen LogP contribution in [0.3, 0.4) is 0 Å². The maximum Gasteiger partial charge on any atom is 0.227 e. The van der Waals surface area contributed by atoms with Crippen molar-refractivity contribution in [3.8, 4) is 11.5 Å². The van der Waals surface area contributed by atoms with E-state index in [0.717, 1.165) is 27.8 Å². The molecule has 5 nitrogen and oxygen atoms in total. The smallest absolute Gasteiger partial charge is 0.227 e. The molecule has 0 aliphatic carbocycles. The number of quaternary nitrogens is 1. The molecule has 3 aromatic rings. The molecule has 0 bridgehead atoms. The van der Waals surface area contributed by atoms with E-state index in [4.69, 9.17) is 9.47 Å². The van der Waals surface area contributed by atoms with Gasteiger partial charge in [-0.1, -0.05) is 24.3 Å². The molecule has 0 aliphatic rings. The summed E-state index contributed by atoms with van der Waals surface area (Å²) in [6.45, 7) is 2.52. The van der Waals surface area contributed by atoms with Gasteiger partial charge < -0.3 is 19.7 Å². The van der Waals surface area contributed by atoms with Crippen LogP contribution in [0.25, 0.3) is 10.8 Å². The normalized spacial score (nSPS) is 13.1. The first-order valence-corrected chi connectivity index (χ1v) is 10.2. The van der Waals surface area contributed by atoms with Gasteiger partial charge in [0.25, 0.3) is 0 Å². The second kappa shape index (κ2) is 9.63. The molecule has 0 unspecified atom stereocenters. The van der Waals surface area contributed by atoms with Gasteiger partial charge in [0.05, 0.1) is 40.8 Å². The van der Waals surface area contributed by atoms with Gasteiger partial charge in [0.15, 0.2) is 0 Å². The van der Waals surface area contributed by atoms with Crippen molar-refractivity contribution in [1.29, 1.82) is 0 Å². The van der Waals surface area contributed by atoms with Gasteiger partial charge in [0, 0.05) is 5.56 Å². The summed E-state index contributed by atoms with van der Waals surface area (Å²) < 4.78 is 10.5. The average molecular weight is 408 g/mol. The number of fused-ring (bicyclic) bond motifs is 1. The van der Waals surface area contributed by atoms with Crippen molar-refractivity contribution in [3.63, 3.8) is 0 Å². The molecule has 0 radical (unpaired) electrons. The first-order chi connectivity index (χ1) is 14.4. The summed E-state index contributed by atoms with van der Waals surface area (Å²) in [4.78, 5) is 14.1. The fraction of sp³-hybridized carbons (Fsp3) is 0.320. The Bertz CT molecular complexity index is 999. The summed E-state index contributed by atoms with van der Waals surface area (Å²) in [5, 5.41) is 5.34. The zero-order chi connectivity index (χ0) is 21.7. The lowest BCUT2D eigenvalue weighted by atomic mass is 9.96. The fourth-order valence-corrected chi connectivity index (χ4v) is 3.64. The van der Waals surface area contributed by atoms with Crippen LogP contribution in [0.5, 0.6) is 11.5 Å². The first kappa shape index (κ1) is 21.7. The number of methoxy groups -OCH3 is 2. The molecule has 0 saturated heterocycles. The number of hydrogen-bond donors (Lipinski definition) is 2. The zero-order valence-corrected chi connectivity index (χ0v) is 18.4. The Morgan fingerprint density at radius 2 is 1.43 bits per heavy atom. The Morgan fingerprint density at radius 3 is 2.07 bits per heavy atom. The van der Waals surface area contributed by atoms with Crippen LogP contribution in [0.15, 0.2) is 60.7 Å². The van der Waals surface area contributed by atoms with Crippen molar-refractivity contribution >= 4 is 16.7 Å². The second-order valence-corrected chi connectivity index (χ2v) is 7.84. The van der Waals surface area contributed by atoms with E-state index in [1.165, 1.54) is 10.5 Å². The molecule has 2 atom stereocenters. The highest BCUT2D eigenvalue weighted by molar-refractivity contribution is 5.88. The molecule has 0 heterocycles. The Morgan fingerprint density at radius 1 is 0.867 bits per heavy atom. The quantitative estimate of drug-likeness (QED) is 0.604. The van der Waals surface area contributed by atoms with Gasteiger partial charge >= 0.3 is 0 Å². The summed E-state index contributed by atoms with van der Waals surface area (Å²) in [7, 11) is 7.52. The van der Waals surface area contributed by atoms with Gasteiger partial charge in [-0.15, -0.1) is 0 Å². The monoisotopic (exact) mass is 407 g/mol. The number of nitrogens with one attached hydrogen (secondary N) is 2. The number of hydrogen-bond acceptors (Lipinski definition) is 3. The van der Waals surface area contributed by atoms with E-state index in [1.54, 1.807) is 14.2 Å². The van der Waals surface area contributed by atoms with E-state index in [2.05, 4.69) is 37.6 Å². The van der Waals surface area contributed by atoms with Gasteiger partial charge in [0.2, 0.25) is 5.91 Å². The third-order valence-corrected chi connectivity index (χ3v) is 5.66. The molecule has 0 saturated carbocycles. The van der Waals surface area contributed by atoms with Crippen molar-refractivity contribution in [3.05, 3.63) is 71.8 Å². The molecule has 0 aliphatic heterocycles. The van der Waals surface area contributed by atoms with Crippen molar-refractivity contribution in [1.82, 2.24) is 5.32 Å². The van der Waals surface area contributed by atoms with Crippen LogP contribution in [0, 0.1) is 0 Å². The Balaban J connectivity index is 1.69. The van der Waals surface area contributed by atoms with Gasteiger partial charge in [0.1, 0.15) is 17.5 Å². The van der Waals surface area contributed by atoms with Gasteiger partial charge in [-0.2, -0.15) is 0 Å². The van der Waals surface area contributed by atoms with E-state index in [-0.39, 0.29) is 17.9 Å². The lowest BCUT2D eigenvalue weighted by molar-refractivity contribution is -0.890. The van der Waals surface area contributed by atoms with Gasteiger partial charge in [-0.05, 0) is 59.7 Å². The van der Waals surface area contributed by atoms with Crippen LogP contribution in [-0.2, 0) is 4.79 Å². The van der Waals surface area contributed by atoms with Gasteiger partial charge in [-0.25, -0.2) is 0 Å². The largest absolute Gasteiger partial charge is 0.497 e. The fourth-order valence-electron chi connectivity index (χ4n) is 3.64. The minimum absolute atomic E-state index is 0.0302. The highest BCUT2D eigenvalue weighted by Crippen LogP contribution is 2.25. The third-order valence-electron chi connectivity index (χ3n) is 5.66. The third kappa shape index (κ3) is 4.92. The molecule has 0 spiro atoms. The minimum atomic E-state index is -0.231. The van der Waals surface area contributed by atoms with E-state index < -0.39 is 0 Å². The number of ether oxygens (including phenoxy) is 2. The highest BCUT2D eigenvalue weighted by Gasteiger charge is 2.21. The molecule has 3 aromatic carbocycles. The first-order valence-electron chi connectivity index (χ1n) is 10.2. The number of benzene rings is 3. The van der Waals surface area contributed by atoms with E-state index in [1.807, 2.05) is 49.4 Å². The number of likely N-dealkylation sites (N-methyl/N-ethyl adjacent to an activating group) is 1. The van der Waals surface area contributed by atoms with E-state index in [9.17, 15) is 4.79 Å². The molecule has 2 N–H and O–H groups in total. The van der Waals surface area contributed by atoms with Crippen LogP contribution >= 0.6 is 0 Å². The summed E-state index contributed by atoms with van der Waals surface area (Å²) in [5.41, 5.74) is 2.17. The lowest BCUT2D eigenvalue weighted by Gasteiger charge is -2.23. The molecule has 158 valence electrons. The van der Waals surface area contributed by atoms with Crippen LogP contribution in [0.1, 0.15) is 30.0 Å². The predicted octanol–water partition coefficient (Wildman–Crippen LogP) is 2.96. The van der Waals surface area contributed by atoms with Crippen molar-refractivity contribution < 1.29 is 19.2 Å². The van der Waals surface area contributed by atoms with Crippen molar-refractivity contribution in [2.24, 2.45) is 0 Å². The Hall–Kier alpha value is -3.05. The SMILES string of the molecule is COc1ccc([C@H](CNC(=O)[C@@H](C)c2ccc3cc(OC)ccc3c2)[NH+](C)C)cc1. The molecule has 0 fully saturated rings. The Kier molecular flexibility index (Phi) is 6.95. The summed E-state index contributed by atoms with van der Waals surface area (Å²) in [6.07, 6.45) is 0. The van der Waals surface area contributed by atoms with Crippen molar-refractivity contribution in [2.45, 2.75) is 18.9 Å². The van der Waals surface area contributed by atoms with Crippen LogP contribution in [-0.4, -0.2) is 40.8 Å². The molecule has 30 heavy (non-hydrogen) atoms. The van der Waals surface area contributed by atoms with Crippen LogP contribution in [0.2, 0.25) is 0 Å². The molecule has 0 aromatic heterocycles. The number of carbonyl (C=O) groups is 1. The standard InChI is InChI=1S/C25H30N2O3/c1-17(19-6-7-21-15-23(30-5)13-10-20(21)14-19)25(28)26-16-24(27(2)3)18-8-11-22(29-4)12-9-18/h6-15,17,24H,16H2,1-5H3,(H,26,28)/p+1/t17-,24-/m0/s1. The minimum Gasteiger partial charge on any atom is -0.497 e. The molecule has 3 rings (SSSR count). The molecule has 1 amide bonds. The molecular formula is C25H31N2O3+. The lowest BCUT2D eigenvalue weighted by Crippen LogP contribution is -3.07. The summed E-state index contributed by atoms with van der Waals surface area (Å²) >= 11 is 0. The number of rotatable bonds is 8. The summed E-state index contributed by atoms with van der Waals surface area (Å²) in [5.74, 6) is 1.46. The summed E-state index contributed by atoms with van der Waals surface area (Å²) in [6, 6.07) is 20.3. The van der Waals surface area contributed by atoms with E-state index >= 15 is 0 Å². The maximum atomic E-state index is 12.9. The van der Waals surface area contributed by atoms with Crippen molar-refractivity contribution in [2.75, 3.05) is 34.9 Å². The predicted molar refractivity (Wildman–Crippen MR) is 120 cm³/mol. The van der Waals surface area contributed by atoms with Gasteiger partial charge in [-0.3, -0.25) is 4.79 Å². The second-order valence-electron chi connectivity index (χ2n) is 7.84.